The molecule has 0 bridgehead atoms. The van der Waals surface area contributed by atoms with Crippen molar-refractivity contribution in [3.63, 3.8) is 0 Å². The van der Waals surface area contributed by atoms with Gasteiger partial charge in [-0.1, -0.05) is 36.4 Å². The van der Waals surface area contributed by atoms with Crippen LogP contribution in [0.3, 0.4) is 0 Å². The summed E-state index contributed by atoms with van der Waals surface area (Å²) < 4.78 is 13.3. The topological polar surface area (TPSA) is 61.4 Å². The molecule has 2 amide bonds. The molecule has 0 aliphatic carbocycles. The number of nitrogens with one attached hydrogen (secondary N) is 2. The lowest BCUT2D eigenvalue weighted by Crippen LogP contribution is -2.30. The fourth-order valence-electron chi connectivity index (χ4n) is 1.86. The molecule has 2 rings (SSSR count). The first-order chi connectivity index (χ1) is 10.2. The van der Waals surface area contributed by atoms with Gasteiger partial charge in [-0.3, -0.25) is 0 Å². The average Bonchev–Trinajstić information content (AvgIpc) is 2.50. The first-order valence-corrected chi connectivity index (χ1v) is 6.67. The van der Waals surface area contributed by atoms with Crippen LogP contribution in [0.2, 0.25) is 0 Å². The molecule has 21 heavy (non-hydrogen) atoms. The second-order valence-electron chi connectivity index (χ2n) is 4.59. The standard InChI is InChI=1S/C16H17FN2O2/c17-14-3-1-2-4-15(14)19-16(21)18-10-9-12-5-7-13(11-20)8-6-12/h1-8,20H,9-11H2,(H2,18,19,21). The molecule has 0 saturated carbocycles. The van der Waals surface area contributed by atoms with Gasteiger partial charge in [-0.05, 0) is 29.7 Å². The van der Waals surface area contributed by atoms with Gasteiger partial charge < -0.3 is 15.7 Å². The van der Waals surface area contributed by atoms with Crippen molar-refractivity contribution in [2.45, 2.75) is 13.0 Å². The van der Waals surface area contributed by atoms with E-state index in [1.807, 2.05) is 24.3 Å². The summed E-state index contributed by atoms with van der Waals surface area (Å²) in [5.41, 5.74) is 2.06. The van der Waals surface area contributed by atoms with Crippen molar-refractivity contribution >= 4 is 11.7 Å². The molecule has 0 fully saturated rings. The van der Waals surface area contributed by atoms with Gasteiger partial charge in [0.05, 0.1) is 12.3 Å². The summed E-state index contributed by atoms with van der Waals surface area (Å²) in [6.45, 7) is 0.461. The highest BCUT2D eigenvalue weighted by molar-refractivity contribution is 5.89. The molecule has 0 aromatic heterocycles. The lowest BCUT2D eigenvalue weighted by molar-refractivity contribution is 0.252. The van der Waals surface area contributed by atoms with Crippen LogP contribution >= 0.6 is 0 Å². The molecule has 0 aliphatic rings. The minimum Gasteiger partial charge on any atom is -0.392 e. The number of aliphatic hydroxyl groups excluding tert-OH is 1. The van der Waals surface area contributed by atoms with Crippen LogP contribution in [0.25, 0.3) is 0 Å². The fourth-order valence-corrected chi connectivity index (χ4v) is 1.86. The van der Waals surface area contributed by atoms with E-state index >= 15 is 0 Å². The van der Waals surface area contributed by atoms with Gasteiger partial charge in [0.1, 0.15) is 5.82 Å². The number of hydrogen-bond donors (Lipinski definition) is 3. The quantitative estimate of drug-likeness (QED) is 0.792. The Hall–Kier alpha value is -2.40. The molecule has 0 heterocycles. The SMILES string of the molecule is O=C(NCCc1ccc(CO)cc1)Nc1ccccc1F. The monoisotopic (exact) mass is 288 g/mol. The Bertz CT molecular complexity index is 599. The van der Waals surface area contributed by atoms with Crippen LogP contribution in [0, 0.1) is 5.82 Å². The third kappa shape index (κ3) is 4.57. The zero-order chi connectivity index (χ0) is 15.1. The highest BCUT2D eigenvalue weighted by Crippen LogP contribution is 2.11. The lowest BCUT2D eigenvalue weighted by Gasteiger charge is -2.08. The van der Waals surface area contributed by atoms with Crippen molar-refractivity contribution in [2.75, 3.05) is 11.9 Å². The number of hydrogen-bond acceptors (Lipinski definition) is 2. The lowest BCUT2D eigenvalue weighted by atomic mass is 10.1. The Balaban J connectivity index is 1.77. The Morgan fingerprint density at radius 2 is 1.71 bits per heavy atom. The van der Waals surface area contributed by atoms with Crippen LogP contribution in [0.15, 0.2) is 48.5 Å². The summed E-state index contributed by atoms with van der Waals surface area (Å²) >= 11 is 0. The molecule has 0 spiro atoms. The molecule has 0 unspecified atom stereocenters. The number of anilines is 1. The Kier molecular flexibility index (Phi) is 5.29. The van der Waals surface area contributed by atoms with E-state index < -0.39 is 11.8 Å². The Morgan fingerprint density at radius 3 is 2.38 bits per heavy atom. The third-order valence-electron chi connectivity index (χ3n) is 3.03. The second kappa shape index (κ2) is 7.40. The molecule has 3 N–H and O–H groups in total. The minimum absolute atomic E-state index is 0.0174. The maximum Gasteiger partial charge on any atom is 0.319 e. The van der Waals surface area contributed by atoms with E-state index in [1.165, 1.54) is 12.1 Å². The molecule has 0 aliphatic heterocycles. The highest BCUT2D eigenvalue weighted by Gasteiger charge is 2.05. The van der Waals surface area contributed by atoms with E-state index in [2.05, 4.69) is 10.6 Å². The number of carbonyl (C=O) groups excluding carboxylic acids is 1. The fraction of sp³-hybridized carbons (Fsp3) is 0.188. The molecule has 0 atom stereocenters. The van der Waals surface area contributed by atoms with Crippen LogP contribution < -0.4 is 10.6 Å². The van der Waals surface area contributed by atoms with Crippen molar-refractivity contribution < 1.29 is 14.3 Å². The van der Waals surface area contributed by atoms with Crippen LogP contribution in [-0.2, 0) is 13.0 Å². The zero-order valence-electron chi connectivity index (χ0n) is 11.5. The number of halogens is 1. The molecular formula is C16H17FN2O2. The molecule has 2 aromatic carbocycles. The van der Waals surface area contributed by atoms with Crippen LogP contribution in [0.1, 0.15) is 11.1 Å². The van der Waals surface area contributed by atoms with E-state index in [4.69, 9.17) is 5.11 Å². The number of rotatable bonds is 5. The summed E-state index contributed by atoms with van der Waals surface area (Å²) in [4.78, 5) is 11.6. The van der Waals surface area contributed by atoms with Gasteiger partial charge in [0.25, 0.3) is 0 Å². The number of benzene rings is 2. The zero-order valence-corrected chi connectivity index (χ0v) is 11.5. The van der Waals surface area contributed by atoms with Gasteiger partial charge in [0.2, 0.25) is 0 Å². The van der Waals surface area contributed by atoms with Crippen LogP contribution in [0.4, 0.5) is 14.9 Å². The van der Waals surface area contributed by atoms with Crippen LogP contribution in [-0.4, -0.2) is 17.7 Å². The molecule has 110 valence electrons. The van der Waals surface area contributed by atoms with Gasteiger partial charge >= 0.3 is 6.03 Å². The molecule has 0 saturated heterocycles. The van der Waals surface area contributed by atoms with Gasteiger partial charge in [0, 0.05) is 6.54 Å². The van der Waals surface area contributed by atoms with Gasteiger partial charge in [0.15, 0.2) is 0 Å². The van der Waals surface area contributed by atoms with Crippen LogP contribution in [0.5, 0.6) is 0 Å². The van der Waals surface area contributed by atoms with E-state index in [0.717, 1.165) is 11.1 Å². The first-order valence-electron chi connectivity index (χ1n) is 6.67. The largest absolute Gasteiger partial charge is 0.392 e. The molecular weight excluding hydrogens is 271 g/mol. The summed E-state index contributed by atoms with van der Waals surface area (Å²) in [5, 5.41) is 14.1. The number of urea groups is 1. The van der Waals surface area contributed by atoms with Crippen molar-refractivity contribution in [2.24, 2.45) is 0 Å². The van der Waals surface area contributed by atoms with Gasteiger partial charge in [-0.2, -0.15) is 0 Å². The summed E-state index contributed by atoms with van der Waals surface area (Å²) in [7, 11) is 0. The van der Waals surface area contributed by atoms with Crippen molar-refractivity contribution in [1.29, 1.82) is 0 Å². The molecule has 2 aromatic rings. The van der Waals surface area contributed by atoms with E-state index in [0.29, 0.717) is 13.0 Å². The smallest absolute Gasteiger partial charge is 0.319 e. The summed E-state index contributed by atoms with van der Waals surface area (Å²) in [6, 6.07) is 13.1. The van der Waals surface area contributed by atoms with E-state index in [9.17, 15) is 9.18 Å². The predicted octanol–water partition coefficient (Wildman–Crippen LogP) is 2.68. The van der Waals surface area contributed by atoms with Crippen molar-refractivity contribution in [3.05, 3.63) is 65.5 Å². The van der Waals surface area contributed by atoms with Gasteiger partial charge in [-0.15, -0.1) is 0 Å². The number of para-hydroxylation sites is 1. The van der Waals surface area contributed by atoms with Gasteiger partial charge in [-0.25, -0.2) is 9.18 Å². The average molecular weight is 288 g/mol. The van der Waals surface area contributed by atoms with Crippen molar-refractivity contribution in [1.82, 2.24) is 5.32 Å². The van der Waals surface area contributed by atoms with E-state index in [1.54, 1.807) is 12.1 Å². The molecule has 4 nitrogen and oxygen atoms in total. The molecule has 0 radical (unpaired) electrons. The predicted molar refractivity (Wildman–Crippen MR) is 79.5 cm³/mol. The number of amides is 2. The Morgan fingerprint density at radius 1 is 1.05 bits per heavy atom. The maximum atomic E-state index is 13.3. The minimum atomic E-state index is -0.466. The second-order valence-corrected chi connectivity index (χ2v) is 4.59. The summed E-state index contributed by atoms with van der Waals surface area (Å²) in [5.74, 6) is -0.466. The van der Waals surface area contributed by atoms with E-state index in [-0.39, 0.29) is 12.3 Å². The summed E-state index contributed by atoms with van der Waals surface area (Å²) in [6.07, 6.45) is 0.663. The highest BCUT2D eigenvalue weighted by atomic mass is 19.1. The molecule has 5 heteroatoms. The number of carbonyl (C=O) groups is 1. The Labute approximate surface area is 122 Å². The first kappa shape index (κ1) is 15.0. The normalized spacial score (nSPS) is 10.2. The maximum absolute atomic E-state index is 13.3. The van der Waals surface area contributed by atoms with Crippen molar-refractivity contribution in [3.8, 4) is 0 Å². The number of aliphatic hydroxyl groups is 1. The third-order valence-corrected chi connectivity index (χ3v) is 3.03.